The summed E-state index contributed by atoms with van der Waals surface area (Å²) in [4.78, 5) is 2.73. The van der Waals surface area contributed by atoms with Crippen molar-refractivity contribution in [2.75, 3.05) is 13.1 Å². The van der Waals surface area contributed by atoms with Crippen molar-refractivity contribution in [1.82, 2.24) is 4.90 Å². The molecular formula is C16H30N2O. The van der Waals surface area contributed by atoms with Crippen molar-refractivity contribution in [3.8, 4) is 0 Å². The van der Waals surface area contributed by atoms with Crippen molar-refractivity contribution in [3.05, 3.63) is 0 Å². The smallest absolute Gasteiger partial charge is 0.0570 e. The molecular weight excluding hydrogens is 236 g/mol. The van der Waals surface area contributed by atoms with Gasteiger partial charge in [-0.05, 0) is 50.5 Å². The van der Waals surface area contributed by atoms with Gasteiger partial charge in [-0.15, -0.1) is 0 Å². The number of hydrogen-bond donors (Lipinski definition) is 2. The molecule has 3 nitrogen and oxygen atoms in total. The molecule has 0 radical (unpaired) electrons. The molecule has 2 heterocycles. The van der Waals surface area contributed by atoms with Crippen LogP contribution in [0.2, 0.25) is 0 Å². The van der Waals surface area contributed by atoms with E-state index in [1.807, 2.05) is 0 Å². The number of hydrogen-bond acceptors (Lipinski definition) is 3. The SMILES string of the molecule is NCC1(CN2C3CCC2CC(O)C3)CCCCCC1. The Hall–Kier alpha value is -0.120. The lowest BCUT2D eigenvalue weighted by Gasteiger charge is -2.44. The third kappa shape index (κ3) is 2.84. The van der Waals surface area contributed by atoms with Crippen LogP contribution < -0.4 is 5.73 Å². The molecule has 3 aliphatic rings. The van der Waals surface area contributed by atoms with Crippen molar-refractivity contribution in [2.45, 2.75) is 82.4 Å². The van der Waals surface area contributed by atoms with Crippen LogP contribution in [0.15, 0.2) is 0 Å². The molecule has 2 atom stereocenters. The van der Waals surface area contributed by atoms with E-state index in [1.54, 1.807) is 0 Å². The molecule has 0 spiro atoms. The van der Waals surface area contributed by atoms with Crippen LogP contribution in [-0.4, -0.2) is 41.3 Å². The number of nitrogens with zero attached hydrogens (tertiary/aromatic N) is 1. The van der Waals surface area contributed by atoms with Crippen molar-refractivity contribution in [1.29, 1.82) is 0 Å². The van der Waals surface area contributed by atoms with E-state index in [0.717, 1.165) is 19.4 Å². The Morgan fingerprint density at radius 3 is 2.11 bits per heavy atom. The summed E-state index contributed by atoms with van der Waals surface area (Å²) in [5.41, 5.74) is 6.56. The number of fused-ring (bicyclic) bond motifs is 2. The molecule has 2 bridgehead atoms. The van der Waals surface area contributed by atoms with Gasteiger partial charge in [-0.3, -0.25) is 4.90 Å². The fourth-order valence-electron chi connectivity index (χ4n) is 4.80. The van der Waals surface area contributed by atoms with E-state index in [4.69, 9.17) is 5.73 Å². The van der Waals surface area contributed by atoms with Gasteiger partial charge >= 0.3 is 0 Å². The molecule has 1 saturated carbocycles. The van der Waals surface area contributed by atoms with E-state index in [-0.39, 0.29) is 6.10 Å². The molecule has 110 valence electrons. The lowest BCUT2D eigenvalue weighted by Crippen LogP contribution is -2.51. The Balaban J connectivity index is 1.69. The van der Waals surface area contributed by atoms with Gasteiger partial charge in [0.2, 0.25) is 0 Å². The maximum Gasteiger partial charge on any atom is 0.0570 e. The van der Waals surface area contributed by atoms with E-state index < -0.39 is 0 Å². The van der Waals surface area contributed by atoms with Gasteiger partial charge in [-0.25, -0.2) is 0 Å². The van der Waals surface area contributed by atoms with E-state index in [2.05, 4.69) is 4.90 Å². The van der Waals surface area contributed by atoms with Crippen LogP contribution in [0.25, 0.3) is 0 Å². The van der Waals surface area contributed by atoms with Crippen LogP contribution in [0.1, 0.15) is 64.2 Å². The number of rotatable bonds is 3. The summed E-state index contributed by atoms with van der Waals surface area (Å²) >= 11 is 0. The maximum atomic E-state index is 9.93. The van der Waals surface area contributed by atoms with Gasteiger partial charge in [-0.1, -0.05) is 25.7 Å². The highest BCUT2D eigenvalue weighted by molar-refractivity contribution is 4.98. The van der Waals surface area contributed by atoms with Crippen molar-refractivity contribution in [2.24, 2.45) is 11.1 Å². The van der Waals surface area contributed by atoms with Crippen LogP contribution >= 0.6 is 0 Å². The second-order valence-corrected chi connectivity index (χ2v) is 7.30. The first-order chi connectivity index (χ1) is 9.22. The van der Waals surface area contributed by atoms with Crippen molar-refractivity contribution >= 4 is 0 Å². The van der Waals surface area contributed by atoms with E-state index >= 15 is 0 Å². The van der Waals surface area contributed by atoms with Gasteiger partial charge < -0.3 is 10.8 Å². The van der Waals surface area contributed by atoms with Gasteiger partial charge in [0.05, 0.1) is 6.10 Å². The second-order valence-electron chi connectivity index (χ2n) is 7.30. The first-order valence-corrected chi connectivity index (χ1v) is 8.36. The van der Waals surface area contributed by atoms with Crippen LogP contribution in [0.4, 0.5) is 0 Å². The minimum Gasteiger partial charge on any atom is -0.393 e. The van der Waals surface area contributed by atoms with Gasteiger partial charge in [0.15, 0.2) is 0 Å². The highest BCUT2D eigenvalue weighted by atomic mass is 16.3. The topological polar surface area (TPSA) is 49.5 Å². The third-order valence-corrected chi connectivity index (χ3v) is 5.97. The summed E-state index contributed by atoms with van der Waals surface area (Å²) in [6.07, 6.45) is 12.7. The summed E-state index contributed by atoms with van der Waals surface area (Å²) in [5.74, 6) is 0. The van der Waals surface area contributed by atoms with E-state index in [1.165, 1.54) is 57.9 Å². The Kier molecular flexibility index (Phi) is 4.16. The Morgan fingerprint density at radius 2 is 1.58 bits per heavy atom. The number of nitrogens with two attached hydrogens (primary N) is 1. The third-order valence-electron chi connectivity index (χ3n) is 5.97. The monoisotopic (exact) mass is 266 g/mol. The standard InChI is InChI=1S/C16H30N2O/c17-11-16(7-3-1-2-4-8-16)12-18-13-5-6-14(18)10-15(19)9-13/h13-15,19H,1-12,17H2. The first kappa shape index (κ1) is 13.8. The van der Waals surface area contributed by atoms with Crippen molar-refractivity contribution < 1.29 is 5.11 Å². The second kappa shape index (κ2) is 5.71. The highest BCUT2D eigenvalue weighted by Crippen LogP contribution is 2.41. The van der Waals surface area contributed by atoms with Gasteiger partial charge in [0.1, 0.15) is 0 Å². The molecule has 3 rings (SSSR count). The van der Waals surface area contributed by atoms with Crippen LogP contribution in [-0.2, 0) is 0 Å². The summed E-state index contributed by atoms with van der Waals surface area (Å²) in [5, 5.41) is 9.93. The molecule has 3 heteroatoms. The summed E-state index contributed by atoms with van der Waals surface area (Å²) < 4.78 is 0. The molecule has 2 saturated heterocycles. The zero-order chi connectivity index (χ0) is 13.3. The molecule has 0 aromatic rings. The molecule has 0 aromatic carbocycles. The highest BCUT2D eigenvalue weighted by Gasteiger charge is 2.43. The zero-order valence-electron chi connectivity index (χ0n) is 12.2. The zero-order valence-corrected chi connectivity index (χ0v) is 12.2. The number of aliphatic hydroxyl groups excluding tert-OH is 1. The summed E-state index contributed by atoms with van der Waals surface area (Å²) in [6, 6.07) is 1.28. The molecule has 0 aromatic heterocycles. The lowest BCUT2D eigenvalue weighted by molar-refractivity contribution is 0.00739. The Bertz CT molecular complexity index is 285. The fraction of sp³-hybridized carbons (Fsp3) is 1.00. The van der Waals surface area contributed by atoms with Crippen LogP contribution in [0.3, 0.4) is 0 Å². The van der Waals surface area contributed by atoms with E-state index in [9.17, 15) is 5.11 Å². The molecule has 19 heavy (non-hydrogen) atoms. The average Bonchev–Trinajstić information content (AvgIpc) is 2.63. The molecule has 2 unspecified atom stereocenters. The fourth-order valence-corrected chi connectivity index (χ4v) is 4.80. The molecule has 3 fully saturated rings. The summed E-state index contributed by atoms with van der Waals surface area (Å²) in [7, 11) is 0. The normalized spacial score (nSPS) is 39.2. The van der Waals surface area contributed by atoms with Crippen LogP contribution in [0.5, 0.6) is 0 Å². The van der Waals surface area contributed by atoms with E-state index in [0.29, 0.717) is 17.5 Å². The first-order valence-electron chi connectivity index (χ1n) is 8.36. The minimum atomic E-state index is -0.0447. The predicted molar refractivity (Wildman–Crippen MR) is 77.9 cm³/mol. The molecule has 1 aliphatic carbocycles. The van der Waals surface area contributed by atoms with Gasteiger partial charge in [-0.2, -0.15) is 0 Å². The number of piperidine rings is 1. The summed E-state index contributed by atoms with van der Waals surface area (Å²) in [6.45, 7) is 2.05. The van der Waals surface area contributed by atoms with Crippen LogP contribution in [0, 0.1) is 5.41 Å². The number of aliphatic hydroxyl groups is 1. The van der Waals surface area contributed by atoms with Crippen molar-refractivity contribution in [3.63, 3.8) is 0 Å². The Labute approximate surface area is 117 Å². The molecule has 3 N–H and O–H groups in total. The molecule has 0 amide bonds. The maximum absolute atomic E-state index is 9.93. The lowest BCUT2D eigenvalue weighted by atomic mass is 9.79. The van der Waals surface area contributed by atoms with Gasteiger partial charge in [0, 0.05) is 18.6 Å². The molecule has 2 aliphatic heterocycles. The minimum absolute atomic E-state index is 0.0447. The quantitative estimate of drug-likeness (QED) is 0.771. The Morgan fingerprint density at radius 1 is 1.00 bits per heavy atom. The largest absolute Gasteiger partial charge is 0.393 e. The van der Waals surface area contributed by atoms with Gasteiger partial charge in [0.25, 0.3) is 0 Å². The average molecular weight is 266 g/mol. The predicted octanol–water partition coefficient (Wildman–Crippen LogP) is 2.27.